The van der Waals surface area contributed by atoms with Gasteiger partial charge in [-0.25, -0.2) is 4.98 Å². The SMILES string of the molecule is O=Cc1ncc(OCc2ccccc2)c(=O)n1CC(F)(F)F. The van der Waals surface area contributed by atoms with E-state index < -0.39 is 24.1 Å². The minimum Gasteiger partial charge on any atom is -0.482 e. The van der Waals surface area contributed by atoms with Crippen molar-refractivity contribution in [2.45, 2.75) is 19.3 Å². The van der Waals surface area contributed by atoms with E-state index in [2.05, 4.69) is 4.98 Å². The molecule has 0 fully saturated rings. The molecular formula is C14H11F3N2O3. The molecule has 8 heteroatoms. The second kappa shape index (κ2) is 6.42. The first-order valence-electron chi connectivity index (χ1n) is 6.19. The topological polar surface area (TPSA) is 61.2 Å². The van der Waals surface area contributed by atoms with E-state index in [0.29, 0.717) is 0 Å². The van der Waals surface area contributed by atoms with Gasteiger partial charge in [-0.3, -0.25) is 14.2 Å². The predicted molar refractivity (Wildman–Crippen MR) is 70.7 cm³/mol. The minimum atomic E-state index is -4.65. The van der Waals surface area contributed by atoms with Crippen LogP contribution < -0.4 is 10.3 Å². The van der Waals surface area contributed by atoms with Crippen LogP contribution in [0.1, 0.15) is 16.2 Å². The van der Waals surface area contributed by atoms with Crippen molar-refractivity contribution < 1.29 is 22.7 Å². The molecule has 0 radical (unpaired) electrons. The van der Waals surface area contributed by atoms with Crippen LogP contribution >= 0.6 is 0 Å². The molecule has 1 aromatic carbocycles. The van der Waals surface area contributed by atoms with Gasteiger partial charge in [0.1, 0.15) is 13.2 Å². The normalized spacial score (nSPS) is 11.2. The van der Waals surface area contributed by atoms with Crippen LogP contribution in [0.25, 0.3) is 0 Å². The number of hydrogen-bond donors (Lipinski definition) is 0. The largest absolute Gasteiger partial charge is 0.482 e. The molecule has 0 aliphatic heterocycles. The van der Waals surface area contributed by atoms with E-state index in [0.717, 1.165) is 11.8 Å². The highest BCUT2D eigenvalue weighted by molar-refractivity contribution is 5.69. The standard InChI is InChI=1S/C14H11F3N2O3/c15-14(16,17)9-19-12(7-20)18-6-11(13(19)21)22-8-10-4-2-1-3-5-10/h1-7H,8-9H2. The van der Waals surface area contributed by atoms with Crippen LogP contribution in [0.2, 0.25) is 0 Å². The lowest BCUT2D eigenvalue weighted by atomic mass is 10.2. The number of ether oxygens (including phenoxy) is 1. The lowest BCUT2D eigenvalue weighted by molar-refractivity contribution is -0.141. The summed E-state index contributed by atoms with van der Waals surface area (Å²) >= 11 is 0. The second-order valence-corrected chi connectivity index (χ2v) is 4.38. The van der Waals surface area contributed by atoms with Crippen molar-refractivity contribution in [3.05, 3.63) is 58.3 Å². The number of aromatic nitrogens is 2. The summed E-state index contributed by atoms with van der Waals surface area (Å²) in [4.78, 5) is 26.2. The molecule has 0 atom stereocenters. The molecule has 22 heavy (non-hydrogen) atoms. The molecule has 0 amide bonds. The van der Waals surface area contributed by atoms with E-state index in [9.17, 15) is 22.8 Å². The van der Waals surface area contributed by atoms with Crippen LogP contribution in [0.5, 0.6) is 5.75 Å². The van der Waals surface area contributed by atoms with Crippen LogP contribution in [0, 0.1) is 0 Å². The maximum atomic E-state index is 12.5. The maximum Gasteiger partial charge on any atom is 0.406 e. The zero-order valence-corrected chi connectivity index (χ0v) is 11.2. The molecule has 0 unspecified atom stereocenters. The van der Waals surface area contributed by atoms with E-state index in [-0.39, 0.29) is 23.2 Å². The van der Waals surface area contributed by atoms with Gasteiger partial charge >= 0.3 is 6.18 Å². The third-order valence-corrected chi connectivity index (χ3v) is 2.73. The summed E-state index contributed by atoms with van der Waals surface area (Å²) in [5.41, 5.74) is -0.311. The van der Waals surface area contributed by atoms with Gasteiger partial charge in [0.25, 0.3) is 5.56 Å². The van der Waals surface area contributed by atoms with Crippen LogP contribution in [-0.4, -0.2) is 22.0 Å². The monoisotopic (exact) mass is 312 g/mol. The van der Waals surface area contributed by atoms with Crippen molar-refractivity contribution in [3.63, 3.8) is 0 Å². The Bertz CT molecular complexity index is 712. The highest BCUT2D eigenvalue weighted by atomic mass is 19.4. The first-order valence-corrected chi connectivity index (χ1v) is 6.19. The Hall–Kier alpha value is -2.64. The molecule has 116 valence electrons. The fourth-order valence-electron chi connectivity index (χ4n) is 1.75. The lowest BCUT2D eigenvalue weighted by Crippen LogP contribution is -2.32. The van der Waals surface area contributed by atoms with E-state index >= 15 is 0 Å². The van der Waals surface area contributed by atoms with Gasteiger partial charge in [0, 0.05) is 0 Å². The predicted octanol–water partition coefficient (Wildman–Crippen LogP) is 2.20. The Balaban J connectivity index is 2.27. The molecule has 0 bridgehead atoms. The van der Waals surface area contributed by atoms with Gasteiger partial charge in [-0.05, 0) is 5.56 Å². The van der Waals surface area contributed by atoms with E-state index in [1.165, 1.54) is 0 Å². The summed E-state index contributed by atoms with van der Waals surface area (Å²) < 4.78 is 42.9. The smallest absolute Gasteiger partial charge is 0.406 e. The van der Waals surface area contributed by atoms with Crippen LogP contribution in [0.3, 0.4) is 0 Å². The lowest BCUT2D eigenvalue weighted by Gasteiger charge is -2.13. The van der Waals surface area contributed by atoms with Crippen LogP contribution in [-0.2, 0) is 13.2 Å². The summed E-state index contributed by atoms with van der Waals surface area (Å²) in [7, 11) is 0. The second-order valence-electron chi connectivity index (χ2n) is 4.38. The average Bonchev–Trinajstić information content (AvgIpc) is 2.48. The number of halogens is 3. The highest BCUT2D eigenvalue weighted by Gasteiger charge is 2.30. The number of benzene rings is 1. The fraction of sp³-hybridized carbons (Fsp3) is 0.214. The summed E-state index contributed by atoms with van der Waals surface area (Å²) in [5, 5.41) is 0. The zero-order chi connectivity index (χ0) is 16.2. The van der Waals surface area contributed by atoms with Gasteiger partial charge in [-0.2, -0.15) is 13.2 Å². The maximum absolute atomic E-state index is 12.5. The van der Waals surface area contributed by atoms with Gasteiger partial charge in [-0.1, -0.05) is 30.3 Å². The first kappa shape index (κ1) is 15.7. The molecule has 1 aromatic heterocycles. The Morgan fingerprint density at radius 2 is 1.91 bits per heavy atom. The summed E-state index contributed by atoms with van der Waals surface area (Å²) in [6.45, 7) is -1.60. The van der Waals surface area contributed by atoms with Crippen LogP contribution in [0.4, 0.5) is 13.2 Å². The number of nitrogens with zero attached hydrogens (tertiary/aromatic N) is 2. The van der Waals surface area contributed by atoms with Crippen molar-refractivity contribution >= 4 is 6.29 Å². The van der Waals surface area contributed by atoms with Crippen LogP contribution in [0.15, 0.2) is 41.3 Å². The van der Waals surface area contributed by atoms with Gasteiger partial charge in [0.15, 0.2) is 12.1 Å². The molecule has 0 aliphatic carbocycles. The molecule has 2 aromatic rings. The van der Waals surface area contributed by atoms with E-state index in [4.69, 9.17) is 4.74 Å². The highest BCUT2D eigenvalue weighted by Crippen LogP contribution is 2.17. The minimum absolute atomic E-state index is 0.00418. The number of rotatable bonds is 5. The zero-order valence-electron chi connectivity index (χ0n) is 11.2. The fourth-order valence-corrected chi connectivity index (χ4v) is 1.75. The summed E-state index contributed by atoms with van der Waals surface area (Å²) in [6.07, 6.45) is -3.61. The molecular weight excluding hydrogens is 301 g/mol. The van der Waals surface area contributed by atoms with Crippen molar-refractivity contribution in [1.29, 1.82) is 0 Å². The number of carbonyl (C=O) groups is 1. The molecule has 1 heterocycles. The summed E-state index contributed by atoms with van der Waals surface area (Å²) in [6, 6.07) is 8.78. The number of carbonyl (C=O) groups excluding carboxylic acids is 1. The molecule has 0 aliphatic rings. The Labute approximate surface area is 123 Å². The van der Waals surface area contributed by atoms with Gasteiger partial charge in [0.2, 0.25) is 5.75 Å². The average molecular weight is 312 g/mol. The number of alkyl halides is 3. The summed E-state index contributed by atoms with van der Waals surface area (Å²) in [5.74, 6) is -0.951. The molecule has 5 nitrogen and oxygen atoms in total. The Kier molecular flexibility index (Phi) is 4.59. The molecule has 2 rings (SSSR count). The van der Waals surface area contributed by atoms with Gasteiger partial charge in [-0.15, -0.1) is 0 Å². The van der Waals surface area contributed by atoms with E-state index in [1.54, 1.807) is 30.3 Å². The van der Waals surface area contributed by atoms with Crippen molar-refractivity contribution in [2.75, 3.05) is 0 Å². The van der Waals surface area contributed by atoms with Crippen molar-refractivity contribution in [1.82, 2.24) is 9.55 Å². The van der Waals surface area contributed by atoms with Gasteiger partial charge in [0.05, 0.1) is 6.20 Å². The molecule has 0 N–H and O–H groups in total. The number of hydrogen-bond acceptors (Lipinski definition) is 4. The number of aldehydes is 1. The first-order chi connectivity index (χ1) is 10.4. The van der Waals surface area contributed by atoms with Crippen molar-refractivity contribution in [3.8, 4) is 5.75 Å². The van der Waals surface area contributed by atoms with E-state index in [1.807, 2.05) is 0 Å². The molecule has 0 saturated heterocycles. The Morgan fingerprint density at radius 1 is 1.23 bits per heavy atom. The third kappa shape index (κ3) is 3.94. The quantitative estimate of drug-likeness (QED) is 0.794. The Morgan fingerprint density at radius 3 is 2.50 bits per heavy atom. The van der Waals surface area contributed by atoms with Gasteiger partial charge < -0.3 is 4.74 Å². The molecule has 0 spiro atoms. The van der Waals surface area contributed by atoms with Crippen molar-refractivity contribution in [2.24, 2.45) is 0 Å². The third-order valence-electron chi connectivity index (χ3n) is 2.73. The molecule has 0 saturated carbocycles.